The Bertz CT molecular complexity index is 356. The van der Waals surface area contributed by atoms with E-state index in [1.807, 2.05) is 11.3 Å². The molecule has 0 spiro atoms. The Morgan fingerprint density at radius 2 is 2.06 bits per heavy atom. The van der Waals surface area contributed by atoms with Crippen molar-refractivity contribution < 1.29 is 0 Å². The minimum absolute atomic E-state index is 0.240. The molecule has 3 heteroatoms. The van der Waals surface area contributed by atoms with E-state index in [0.29, 0.717) is 0 Å². The molecule has 88 valence electrons. The van der Waals surface area contributed by atoms with Crippen LogP contribution >= 0.6 is 11.3 Å². The summed E-state index contributed by atoms with van der Waals surface area (Å²) in [6.07, 6.45) is 9.10. The van der Waals surface area contributed by atoms with Gasteiger partial charge in [-0.15, -0.1) is 11.3 Å². The monoisotopic (exact) mass is 236 g/mol. The predicted octanol–water partition coefficient (Wildman–Crippen LogP) is 3.01. The second-order valence-corrected chi connectivity index (χ2v) is 6.15. The van der Waals surface area contributed by atoms with Crippen molar-refractivity contribution in [2.45, 2.75) is 57.4 Å². The molecule has 1 heterocycles. The molecule has 0 saturated heterocycles. The molecule has 1 fully saturated rings. The number of fused-ring (bicyclic) bond motifs is 1. The summed E-state index contributed by atoms with van der Waals surface area (Å²) in [6.45, 7) is 3.27. The molecule has 16 heavy (non-hydrogen) atoms. The molecular formula is C13H20N2S. The maximum absolute atomic E-state index is 4.92. The standard InChI is InChI=1S/C13H20N2S/c1-2-14-13(8-3-4-9-13)12-15-10-6-5-7-11(10)16-12/h14H,2-9H2,1H3. The van der Waals surface area contributed by atoms with Crippen LogP contribution in [0.15, 0.2) is 0 Å². The Hall–Kier alpha value is -0.410. The van der Waals surface area contributed by atoms with E-state index < -0.39 is 0 Å². The normalized spacial score (nSPS) is 22.6. The molecule has 0 radical (unpaired) electrons. The van der Waals surface area contributed by atoms with Crippen LogP contribution in [-0.4, -0.2) is 11.5 Å². The third-order valence-corrected chi connectivity index (χ3v) is 5.34. The Morgan fingerprint density at radius 3 is 2.75 bits per heavy atom. The fraction of sp³-hybridized carbons (Fsp3) is 0.769. The molecule has 0 bridgehead atoms. The van der Waals surface area contributed by atoms with Gasteiger partial charge >= 0.3 is 0 Å². The molecule has 1 aromatic rings. The molecule has 0 aliphatic heterocycles. The second-order valence-electron chi connectivity index (χ2n) is 5.06. The molecule has 2 aliphatic carbocycles. The molecule has 1 N–H and O–H groups in total. The highest BCUT2D eigenvalue weighted by Gasteiger charge is 2.38. The molecule has 2 nitrogen and oxygen atoms in total. The largest absolute Gasteiger partial charge is 0.306 e. The summed E-state index contributed by atoms with van der Waals surface area (Å²) in [5, 5.41) is 5.10. The summed E-state index contributed by atoms with van der Waals surface area (Å²) in [5.74, 6) is 0. The average Bonchev–Trinajstić information content (AvgIpc) is 2.90. The van der Waals surface area contributed by atoms with Gasteiger partial charge in [0.05, 0.1) is 11.2 Å². The highest BCUT2D eigenvalue weighted by atomic mass is 32.1. The first-order valence-electron chi connectivity index (χ1n) is 6.58. The lowest BCUT2D eigenvalue weighted by Gasteiger charge is -2.27. The van der Waals surface area contributed by atoms with Crippen LogP contribution in [0.2, 0.25) is 0 Å². The summed E-state index contributed by atoms with van der Waals surface area (Å²) in [5.41, 5.74) is 1.65. The zero-order chi connectivity index (χ0) is 11.0. The highest BCUT2D eigenvalue weighted by Crippen LogP contribution is 2.42. The molecule has 1 aromatic heterocycles. The quantitative estimate of drug-likeness (QED) is 0.872. The van der Waals surface area contributed by atoms with Gasteiger partial charge in [0.1, 0.15) is 5.01 Å². The first-order chi connectivity index (χ1) is 7.84. The van der Waals surface area contributed by atoms with Crippen LogP contribution in [0.5, 0.6) is 0 Å². The van der Waals surface area contributed by atoms with Crippen molar-refractivity contribution in [2.75, 3.05) is 6.54 Å². The summed E-state index contributed by atoms with van der Waals surface area (Å²) < 4.78 is 0. The lowest BCUT2D eigenvalue weighted by atomic mass is 9.98. The average molecular weight is 236 g/mol. The number of rotatable bonds is 3. The summed E-state index contributed by atoms with van der Waals surface area (Å²) >= 11 is 1.98. The third kappa shape index (κ3) is 1.61. The van der Waals surface area contributed by atoms with Crippen molar-refractivity contribution in [3.8, 4) is 0 Å². The number of hydrogen-bond acceptors (Lipinski definition) is 3. The maximum Gasteiger partial charge on any atom is 0.113 e. The van der Waals surface area contributed by atoms with Gasteiger partial charge in [-0.05, 0) is 38.6 Å². The lowest BCUT2D eigenvalue weighted by molar-refractivity contribution is 0.348. The molecular weight excluding hydrogens is 216 g/mol. The molecule has 2 aliphatic rings. The Morgan fingerprint density at radius 1 is 1.25 bits per heavy atom. The summed E-state index contributed by atoms with van der Waals surface area (Å²) in [4.78, 5) is 6.49. The van der Waals surface area contributed by atoms with Gasteiger partial charge in [0.25, 0.3) is 0 Å². The number of thiazole rings is 1. The number of nitrogens with zero attached hydrogens (tertiary/aromatic N) is 1. The van der Waals surface area contributed by atoms with Gasteiger partial charge in [-0.2, -0.15) is 0 Å². The molecule has 0 aromatic carbocycles. The van der Waals surface area contributed by atoms with Crippen molar-refractivity contribution in [3.05, 3.63) is 15.6 Å². The Balaban J connectivity index is 1.93. The van der Waals surface area contributed by atoms with Gasteiger partial charge in [0.15, 0.2) is 0 Å². The van der Waals surface area contributed by atoms with Crippen molar-refractivity contribution >= 4 is 11.3 Å². The van der Waals surface area contributed by atoms with Gasteiger partial charge in [0.2, 0.25) is 0 Å². The topological polar surface area (TPSA) is 24.9 Å². The fourth-order valence-electron chi connectivity index (χ4n) is 3.18. The van der Waals surface area contributed by atoms with Crippen molar-refractivity contribution in [3.63, 3.8) is 0 Å². The van der Waals surface area contributed by atoms with E-state index in [2.05, 4.69) is 12.2 Å². The summed E-state index contributed by atoms with van der Waals surface area (Å²) in [6, 6.07) is 0. The van der Waals surface area contributed by atoms with Crippen molar-refractivity contribution in [1.82, 2.24) is 10.3 Å². The van der Waals surface area contributed by atoms with Crippen LogP contribution in [0, 0.1) is 0 Å². The van der Waals surface area contributed by atoms with E-state index in [1.165, 1.54) is 55.6 Å². The van der Waals surface area contributed by atoms with Crippen LogP contribution in [0.3, 0.4) is 0 Å². The highest BCUT2D eigenvalue weighted by molar-refractivity contribution is 7.12. The maximum atomic E-state index is 4.92. The molecule has 0 unspecified atom stereocenters. The minimum Gasteiger partial charge on any atom is -0.306 e. The molecule has 0 atom stereocenters. The minimum atomic E-state index is 0.240. The van der Waals surface area contributed by atoms with Crippen LogP contribution in [0.25, 0.3) is 0 Å². The molecule has 0 amide bonds. The smallest absolute Gasteiger partial charge is 0.113 e. The first-order valence-corrected chi connectivity index (χ1v) is 7.40. The van der Waals surface area contributed by atoms with Crippen molar-refractivity contribution in [1.29, 1.82) is 0 Å². The van der Waals surface area contributed by atoms with Crippen LogP contribution in [0.1, 0.15) is 54.6 Å². The first kappa shape index (κ1) is 10.7. The van der Waals surface area contributed by atoms with Crippen LogP contribution in [0.4, 0.5) is 0 Å². The molecule has 3 rings (SSSR count). The number of aryl methyl sites for hydroxylation is 2. The van der Waals surface area contributed by atoms with Gasteiger partial charge in [-0.25, -0.2) is 4.98 Å². The van der Waals surface area contributed by atoms with Crippen LogP contribution in [-0.2, 0) is 18.4 Å². The van der Waals surface area contributed by atoms with Gasteiger partial charge in [-0.3, -0.25) is 0 Å². The zero-order valence-corrected chi connectivity index (χ0v) is 10.8. The van der Waals surface area contributed by atoms with Crippen LogP contribution < -0.4 is 5.32 Å². The lowest BCUT2D eigenvalue weighted by Crippen LogP contribution is -2.39. The van der Waals surface area contributed by atoms with E-state index in [0.717, 1.165) is 6.54 Å². The van der Waals surface area contributed by atoms with Gasteiger partial charge in [0, 0.05) is 4.88 Å². The van der Waals surface area contributed by atoms with Gasteiger partial charge < -0.3 is 5.32 Å². The van der Waals surface area contributed by atoms with E-state index in [-0.39, 0.29) is 5.54 Å². The van der Waals surface area contributed by atoms with Crippen molar-refractivity contribution in [2.24, 2.45) is 0 Å². The summed E-state index contributed by atoms with van der Waals surface area (Å²) in [7, 11) is 0. The SMILES string of the molecule is CCNC1(c2nc3c(s2)CCC3)CCCC1. The second kappa shape index (κ2) is 4.11. The third-order valence-electron chi connectivity index (χ3n) is 3.98. The Labute approximate surface area is 101 Å². The number of hydrogen-bond donors (Lipinski definition) is 1. The number of aromatic nitrogens is 1. The Kier molecular flexibility index (Phi) is 2.76. The predicted molar refractivity (Wildman–Crippen MR) is 68.0 cm³/mol. The fourth-order valence-corrected chi connectivity index (χ4v) is 4.55. The van der Waals surface area contributed by atoms with E-state index in [1.54, 1.807) is 4.88 Å². The van der Waals surface area contributed by atoms with E-state index in [9.17, 15) is 0 Å². The number of nitrogens with one attached hydrogen (secondary N) is 1. The van der Waals surface area contributed by atoms with E-state index in [4.69, 9.17) is 4.98 Å². The van der Waals surface area contributed by atoms with E-state index >= 15 is 0 Å². The molecule has 1 saturated carbocycles. The zero-order valence-electron chi connectivity index (χ0n) is 10.0. The van der Waals surface area contributed by atoms with Gasteiger partial charge in [-0.1, -0.05) is 19.8 Å².